The summed E-state index contributed by atoms with van der Waals surface area (Å²) in [7, 11) is 0. The van der Waals surface area contributed by atoms with Crippen LogP contribution in [0.4, 0.5) is 4.79 Å². The zero-order valence-electron chi connectivity index (χ0n) is 13.2. The molecule has 0 radical (unpaired) electrons. The molecule has 0 aromatic rings. The van der Waals surface area contributed by atoms with Gasteiger partial charge in [0.05, 0.1) is 11.8 Å². The number of carbonyl (C=O) groups is 4. The number of nitrogens with zero attached hydrogens (tertiary/aromatic N) is 1. The maximum absolute atomic E-state index is 12.3. The summed E-state index contributed by atoms with van der Waals surface area (Å²) in [5.41, 5.74) is 0. The van der Waals surface area contributed by atoms with Crippen LogP contribution in [0.3, 0.4) is 0 Å². The first kappa shape index (κ1) is 16.0. The van der Waals surface area contributed by atoms with Crippen molar-refractivity contribution in [2.24, 2.45) is 11.8 Å². The van der Waals surface area contributed by atoms with E-state index in [1.165, 1.54) is 0 Å². The highest BCUT2D eigenvalue weighted by atomic mass is 16.2. The Morgan fingerprint density at radius 1 is 0.913 bits per heavy atom. The summed E-state index contributed by atoms with van der Waals surface area (Å²) in [5.74, 6) is -1.66. The topological polar surface area (TPSA) is 95.6 Å². The number of carbonyl (C=O) groups excluding carboxylic acids is 4. The van der Waals surface area contributed by atoms with Crippen LogP contribution in [0.25, 0.3) is 0 Å². The maximum Gasteiger partial charge on any atom is 0.321 e. The van der Waals surface area contributed by atoms with Crippen LogP contribution < -0.4 is 10.6 Å². The van der Waals surface area contributed by atoms with Crippen LogP contribution in [0.5, 0.6) is 0 Å². The standard InChI is InChI=1S/C16H23N3O4/c20-13(18-16(23)17-10-5-1-2-6-10)9-19-14(21)11-7-3-4-8-12(11)15(19)22/h10-12H,1-9H2,(H2,17,18,20,23)/t11-,12-/m0/s1. The number of amides is 5. The molecule has 7 nitrogen and oxygen atoms in total. The molecule has 0 bridgehead atoms. The Labute approximate surface area is 135 Å². The second-order valence-corrected chi connectivity index (χ2v) is 6.76. The van der Waals surface area contributed by atoms with Gasteiger partial charge in [-0.1, -0.05) is 25.7 Å². The van der Waals surface area contributed by atoms with E-state index in [2.05, 4.69) is 10.6 Å². The minimum absolute atomic E-state index is 0.112. The molecular formula is C16H23N3O4. The molecule has 7 heteroatoms. The Balaban J connectivity index is 1.52. The summed E-state index contributed by atoms with van der Waals surface area (Å²) in [4.78, 5) is 49.3. The molecule has 3 rings (SSSR count). The highest BCUT2D eigenvalue weighted by molar-refractivity contribution is 6.08. The van der Waals surface area contributed by atoms with Gasteiger partial charge in [-0.05, 0) is 25.7 Å². The average molecular weight is 321 g/mol. The lowest BCUT2D eigenvalue weighted by atomic mass is 9.81. The van der Waals surface area contributed by atoms with Crippen LogP contribution in [0.15, 0.2) is 0 Å². The van der Waals surface area contributed by atoms with Crippen molar-refractivity contribution in [3.8, 4) is 0 Å². The number of rotatable bonds is 3. The van der Waals surface area contributed by atoms with Gasteiger partial charge >= 0.3 is 6.03 Å². The van der Waals surface area contributed by atoms with Gasteiger partial charge in [-0.3, -0.25) is 24.6 Å². The van der Waals surface area contributed by atoms with Gasteiger partial charge in [-0.25, -0.2) is 4.79 Å². The maximum atomic E-state index is 12.3. The third kappa shape index (κ3) is 3.38. The van der Waals surface area contributed by atoms with Crippen LogP contribution in [0.1, 0.15) is 51.4 Å². The molecule has 126 valence electrons. The lowest BCUT2D eigenvalue weighted by Crippen LogP contribution is -2.48. The van der Waals surface area contributed by atoms with Gasteiger partial charge in [0.2, 0.25) is 17.7 Å². The average Bonchev–Trinajstić information content (AvgIpc) is 3.11. The third-order valence-electron chi connectivity index (χ3n) is 5.18. The van der Waals surface area contributed by atoms with E-state index < -0.39 is 11.9 Å². The van der Waals surface area contributed by atoms with Crippen molar-refractivity contribution in [2.75, 3.05) is 6.54 Å². The van der Waals surface area contributed by atoms with E-state index in [-0.39, 0.29) is 36.2 Å². The smallest absolute Gasteiger partial charge is 0.321 e. The van der Waals surface area contributed by atoms with Gasteiger partial charge in [-0.15, -0.1) is 0 Å². The predicted molar refractivity (Wildman–Crippen MR) is 81.1 cm³/mol. The first-order valence-electron chi connectivity index (χ1n) is 8.52. The third-order valence-corrected chi connectivity index (χ3v) is 5.18. The largest absolute Gasteiger partial charge is 0.335 e. The number of hydrogen-bond acceptors (Lipinski definition) is 4. The first-order valence-corrected chi connectivity index (χ1v) is 8.52. The highest BCUT2D eigenvalue weighted by Crippen LogP contribution is 2.37. The fourth-order valence-electron chi connectivity index (χ4n) is 3.99. The minimum atomic E-state index is -0.610. The molecule has 2 N–H and O–H groups in total. The van der Waals surface area contributed by atoms with E-state index in [4.69, 9.17) is 0 Å². The molecule has 2 aliphatic carbocycles. The van der Waals surface area contributed by atoms with Gasteiger partial charge < -0.3 is 5.32 Å². The van der Waals surface area contributed by atoms with E-state index >= 15 is 0 Å². The SMILES string of the molecule is O=C(CN1C(=O)[C@H]2CCCC[C@@H]2C1=O)NC(=O)NC1CCCC1. The molecule has 1 saturated heterocycles. The Hall–Kier alpha value is -1.92. The quantitative estimate of drug-likeness (QED) is 0.756. The van der Waals surface area contributed by atoms with Crippen LogP contribution in [-0.2, 0) is 14.4 Å². The van der Waals surface area contributed by atoms with Gasteiger partial charge in [-0.2, -0.15) is 0 Å². The van der Waals surface area contributed by atoms with E-state index in [0.717, 1.165) is 56.3 Å². The lowest BCUT2D eigenvalue weighted by molar-refractivity contribution is -0.143. The summed E-state index contributed by atoms with van der Waals surface area (Å²) in [6.07, 6.45) is 7.35. The molecule has 0 spiro atoms. The van der Waals surface area contributed by atoms with Crippen molar-refractivity contribution >= 4 is 23.8 Å². The Morgan fingerprint density at radius 3 is 2.00 bits per heavy atom. The van der Waals surface area contributed by atoms with Crippen LogP contribution in [-0.4, -0.2) is 41.2 Å². The number of fused-ring (bicyclic) bond motifs is 1. The van der Waals surface area contributed by atoms with E-state index in [1.54, 1.807) is 0 Å². The fraction of sp³-hybridized carbons (Fsp3) is 0.750. The van der Waals surface area contributed by atoms with Gasteiger partial charge in [0, 0.05) is 6.04 Å². The molecule has 0 aromatic heterocycles. The molecule has 0 aromatic carbocycles. The van der Waals surface area contributed by atoms with Crippen molar-refractivity contribution in [2.45, 2.75) is 57.4 Å². The summed E-state index contributed by atoms with van der Waals surface area (Å²) in [6, 6.07) is -0.431. The van der Waals surface area contributed by atoms with Crippen LogP contribution >= 0.6 is 0 Å². The zero-order chi connectivity index (χ0) is 16.4. The number of nitrogens with one attached hydrogen (secondary N) is 2. The van der Waals surface area contributed by atoms with Gasteiger partial charge in [0.15, 0.2) is 0 Å². The molecule has 0 unspecified atom stereocenters. The second kappa shape index (κ2) is 6.68. The molecule has 2 atom stereocenters. The minimum Gasteiger partial charge on any atom is -0.335 e. The molecule has 5 amide bonds. The van der Waals surface area contributed by atoms with E-state index in [0.29, 0.717) is 0 Å². The zero-order valence-corrected chi connectivity index (χ0v) is 13.2. The molecule has 3 fully saturated rings. The summed E-state index contributed by atoms with van der Waals surface area (Å²) in [5, 5.41) is 4.97. The summed E-state index contributed by atoms with van der Waals surface area (Å²) >= 11 is 0. The molecule has 2 saturated carbocycles. The number of urea groups is 1. The Bertz CT molecular complexity index is 503. The van der Waals surface area contributed by atoms with Crippen molar-refractivity contribution in [3.05, 3.63) is 0 Å². The van der Waals surface area contributed by atoms with Crippen LogP contribution in [0, 0.1) is 11.8 Å². The number of hydrogen-bond donors (Lipinski definition) is 2. The molecule has 23 heavy (non-hydrogen) atoms. The number of imide groups is 2. The molecule has 1 heterocycles. The predicted octanol–water partition coefficient (Wildman–Crippen LogP) is 0.930. The first-order chi connectivity index (χ1) is 11.1. The summed E-state index contributed by atoms with van der Waals surface area (Å²) < 4.78 is 0. The van der Waals surface area contributed by atoms with E-state index in [9.17, 15) is 19.2 Å². The van der Waals surface area contributed by atoms with Gasteiger partial charge in [0.1, 0.15) is 6.54 Å². The highest BCUT2D eigenvalue weighted by Gasteiger charge is 2.48. The number of likely N-dealkylation sites (tertiary alicyclic amines) is 1. The molecular weight excluding hydrogens is 298 g/mol. The second-order valence-electron chi connectivity index (χ2n) is 6.76. The van der Waals surface area contributed by atoms with Crippen molar-refractivity contribution in [1.82, 2.24) is 15.5 Å². The van der Waals surface area contributed by atoms with Crippen molar-refractivity contribution in [1.29, 1.82) is 0 Å². The fourth-order valence-corrected chi connectivity index (χ4v) is 3.99. The normalized spacial score (nSPS) is 27.9. The van der Waals surface area contributed by atoms with Crippen molar-refractivity contribution in [3.63, 3.8) is 0 Å². The Morgan fingerprint density at radius 2 is 1.43 bits per heavy atom. The van der Waals surface area contributed by atoms with E-state index in [1.807, 2.05) is 0 Å². The molecule has 3 aliphatic rings. The summed E-state index contributed by atoms with van der Waals surface area (Å²) in [6.45, 7) is -0.358. The van der Waals surface area contributed by atoms with Crippen LogP contribution in [0.2, 0.25) is 0 Å². The van der Waals surface area contributed by atoms with Gasteiger partial charge in [0.25, 0.3) is 0 Å². The lowest BCUT2D eigenvalue weighted by Gasteiger charge is -2.19. The van der Waals surface area contributed by atoms with Crippen molar-refractivity contribution < 1.29 is 19.2 Å². The Kier molecular flexibility index (Phi) is 4.63. The molecule has 1 aliphatic heterocycles. The monoisotopic (exact) mass is 321 g/mol.